The summed E-state index contributed by atoms with van der Waals surface area (Å²) in [6.45, 7) is 3.25. The first-order valence-electron chi connectivity index (χ1n) is 7.46. The Morgan fingerprint density at radius 3 is 2.76 bits per heavy atom. The van der Waals surface area contributed by atoms with Crippen LogP contribution in [0.3, 0.4) is 0 Å². The summed E-state index contributed by atoms with van der Waals surface area (Å²) in [5.74, 6) is 1.34. The van der Waals surface area contributed by atoms with Crippen molar-refractivity contribution < 1.29 is 14.3 Å². The van der Waals surface area contributed by atoms with E-state index >= 15 is 0 Å². The highest BCUT2D eigenvalue weighted by Gasteiger charge is 2.45. The predicted molar refractivity (Wildman–Crippen MR) is 81.4 cm³/mol. The second-order valence-electron chi connectivity index (χ2n) is 5.53. The third-order valence-corrected chi connectivity index (χ3v) is 3.68. The van der Waals surface area contributed by atoms with Crippen LogP contribution in [0.2, 0.25) is 0 Å². The molecule has 0 radical (unpaired) electrons. The molecule has 1 aliphatic rings. The Bertz CT molecular complexity index is 498. The summed E-state index contributed by atoms with van der Waals surface area (Å²) in [5, 5.41) is 2.86. The van der Waals surface area contributed by atoms with Crippen molar-refractivity contribution >= 4 is 5.91 Å². The molecule has 1 aromatic rings. The molecule has 1 aliphatic carbocycles. The van der Waals surface area contributed by atoms with E-state index in [2.05, 4.69) is 12.2 Å². The lowest BCUT2D eigenvalue weighted by Crippen LogP contribution is -2.42. The Labute approximate surface area is 125 Å². The fraction of sp³-hybridized carbons (Fsp3) is 0.562. The zero-order chi connectivity index (χ0) is 15.3. The molecule has 116 valence electrons. The summed E-state index contributed by atoms with van der Waals surface area (Å²) >= 11 is 0. The van der Waals surface area contributed by atoms with E-state index in [1.165, 1.54) is 0 Å². The van der Waals surface area contributed by atoms with E-state index in [-0.39, 0.29) is 5.91 Å². The van der Waals surface area contributed by atoms with E-state index in [0.29, 0.717) is 18.9 Å². The van der Waals surface area contributed by atoms with E-state index in [0.717, 1.165) is 37.0 Å². The van der Waals surface area contributed by atoms with Gasteiger partial charge in [-0.2, -0.15) is 0 Å². The summed E-state index contributed by atoms with van der Waals surface area (Å²) in [6.07, 6.45) is 3.64. The second kappa shape index (κ2) is 6.80. The molecule has 0 atom stereocenters. The summed E-state index contributed by atoms with van der Waals surface area (Å²) in [6, 6.07) is 5.70. The SMILES string of the molecule is CCCCOc1ccc(CNC(=O)C2(N)CC2)cc1OC. The number of unbranched alkanes of at least 4 members (excludes halogenated alkanes) is 1. The topological polar surface area (TPSA) is 73.6 Å². The van der Waals surface area contributed by atoms with Crippen LogP contribution in [0.25, 0.3) is 0 Å². The van der Waals surface area contributed by atoms with Crippen LogP contribution in [0.5, 0.6) is 11.5 Å². The first kappa shape index (κ1) is 15.6. The number of amides is 1. The average molecular weight is 292 g/mol. The molecular formula is C16H24N2O3. The first-order valence-corrected chi connectivity index (χ1v) is 7.46. The predicted octanol–water partition coefficient (Wildman–Crippen LogP) is 1.98. The van der Waals surface area contributed by atoms with Crippen LogP contribution in [0, 0.1) is 0 Å². The van der Waals surface area contributed by atoms with Crippen molar-refractivity contribution in [2.45, 2.75) is 44.7 Å². The Morgan fingerprint density at radius 2 is 2.14 bits per heavy atom. The van der Waals surface area contributed by atoms with Crippen LogP contribution in [0.4, 0.5) is 0 Å². The van der Waals surface area contributed by atoms with E-state index < -0.39 is 5.54 Å². The molecule has 1 fully saturated rings. The number of ether oxygens (including phenoxy) is 2. The third-order valence-electron chi connectivity index (χ3n) is 3.68. The fourth-order valence-electron chi connectivity index (χ4n) is 1.99. The molecule has 5 nitrogen and oxygen atoms in total. The van der Waals surface area contributed by atoms with Gasteiger partial charge in [-0.15, -0.1) is 0 Å². The number of methoxy groups -OCH3 is 1. The molecule has 0 unspecified atom stereocenters. The Balaban J connectivity index is 1.93. The lowest BCUT2D eigenvalue weighted by atomic mass is 10.2. The molecule has 3 N–H and O–H groups in total. The molecule has 1 saturated carbocycles. The van der Waals surface area contributed by atoms with Crippen LogP contribution < -0.4 is 20.5 Å². The van der Waals surface area contributed by atoms with E-state index in [1.54, 1.807) is 7.11 Å². The van der Waals surface area contributed by atoms with Crippen molar-refractivity contribution in [3.8, 4) is 11.5 Å². The maximum atomic E-state index is 11.8. The van der Waals surface area contributed by atoms with Gasteiger partial charge in [0.05, 0.1) is 19.3 Å². The minimum Gasteiger partial charge on any atom is -0.493 e. The maximum absolute atomic E-state index is 11.8. The summed E-state index contributed by atoms with van der Waals surface area (Å²) < 4.78 is 11.0. The first-order chi connectivity index (χ1) is 10.1. The number of hydrogen-bond acceptors (Lipinski definition) is 4. The lowest BCUT2D eigenvalue weighted by molar-refractivity contribution is -0.123. The molecule has 2 rings (SSSR count). The van der Waals surface area contributed by atoms with E-state index in [1.807, 2.05) is 18.2 Å². The smallest absolute Gasteiger partial charge is 0.240 e. The zero-order valence-corrected chi connectivity index (χ0v) is 12.8. The summed E-state index contributed by atoms with van der Waals surface area (Å²) in [5.41, 5.74) is 6.18. The van der Waals surface area contributed by atoms with Crippen molar-refractivity contribution in [2.75, 3.05) is 13.7 Å². The van der Waals surface area contributed by atoms with Crippen LogP contribution >= 0.6 is 0 Å². The number of carbonyl (C=O) groups is 1. The number of hydrogen-bond donors (Lipinski definition) is 2. The van der Waals surface area contributed by atoms with E-state index in [9.17, 15) is 4.79 Å². The Morgan fingerprint density at radius 1 is 1.38 bits per heavy atom. The molecule has 1 amide bonds. The maximum Gasteiger partial charge on any atom is 0.240 e. The van der Waals surface area contributed by atoms with Gasteiger partial charge in [0.15, 0.2) is 11.5 Å². The molecule has 0 bridgehead atoms. The molecule has 0 heterocycles. The Hall–Kier alpha value is -1.75. The average Bonchev–Trinajstić information content (AvgIpc) is 3.25. The standard InChI is InChI=1S/C16H24N2O3/c1-3-4-9-21-13-6-5-12(10-14(13)20-2)11-18-15(19)16(17)7-8-16/h5-6,10H,3-4,7-9,11,17H2,1-2H3,(H,18,19). The van der Waals surface area contributed by atoms with Crippen molar-refractivity contribution in [2.24, 2.45) is 5.73 Å². The third kappa shape index (κ3) is 4.11. The number of carbonyl (C=O) groups excluding carboxylic acids is 1. The minimum atomic E-state index is -0.632. The van der Waals surface area contributed by atoms with Crippen LogP contribution in [-0.4, -0.2) is 25.2 Å². The van der Waals surface area contributed by atoms with Gasteiger partial charge in [0.2, 0.25) is 5.91 Å². The van der Waals surface area contributed by atoms with Crippen molar-refractivity contribution in [1.82, 2.24) is 5.32 Å². The Kier molecular flexibility index (Phi) is 5.07. The van der Waals surface area contributed by atoms with Gasteiger partial charge in [0.25, 0.3) is 0 Å². The van der Waals surface area contributed by atoms with Gasteiger partial charge in [-0.05, 0) is 37.0 Å². The lowest BCUT2D eigenvalue weighted by Gasteiger charge is -2.13. The number of benzene rings is 1. The zero-order valence-electron chi connectivity index (χ0n) is 12.8. The molecular weight excluding hydrogens is 268 g/mol. The molecule has 0 saturated heterocycles. The van der Waals surface area contributed by atoms with Gasteiger partial charge in [-0.25, -0.2) is 0 Å². The molecule has 0 spiro atoms. The second-order valence-corrected chi connectivity index (χ2v) is 5.53. The van der Waals surface area contributed by atoms with Crippen molar-refractivity contribution in [3.05, 3.63) is 23.8 Å². The fourth-order valence-corrected chi connectivity index (χ4v) is 1.99. The largest absolute Gasteiger partial charge is 0.493 e. The van der Waals surface area contributed by atoms with E-state index in [4.69, 9.17) is 15.2 Å². The van der Waals surface area contributed by atoms with Gasteiger partial charge < -0.3 is 20.5 Å². The number of rotatable bonds is 8. The van der Waals surface area contributed by atoms with Gasteiger partial charge in [-0.1, -0.05) is 19.4 Å². The number of nitrogens with two attached hydrogens (primary N) is 1. The normalized spacial score (nSPS) is 15.4. The highest BCUT2D eigenvalue weighted by molar-refractivity contribution is 5.88. The van der Waals surface area contributed by atoms with Crippen LogP contribution in [0.15, 0.2) is 18.2 Å². The van der Waals surface area contributed by atoms with Crippen LogP contribution in [-0.2, 0) is 11.3 Å². The molecule has 1 aromatic carbocycles. The monoisotopic (exact) mass is 292 g/mol. The van der Waals surface area contributed by atoms with Crippen molar-refractivity contribution in [3.63, 3.8) is 0 Å². The molecule has 0 aliphatic heterocycles. The summed E-state index contributed by atoms with van der Waals surface area (Å²) in [7, 11) is 1.61. The van der Waals surface area contributed by atoms with Gasteiger partial charge in [0.1, 0.15) is 0 Å². The molecule has 0 aromatic heterocycles. The summed E-state index contributed by atoms with van der Waals surface area (Å²) in [4.78, 5) is 11.8. The van der Waals surface area contributed by atoms with Crippen LogP contribution in [0.1, 0.15) is 38.2 Å². The van der Waals surface area contributed by atoms with Gasteiger partial charge >= 0.3 is 0 Å². The van der Waals surface area contributed by atoms with Gasteiger partial charge in [-0.3, -0.25) is 4.79 Å². The highest BCUT2D eigenvalue weighted by Crippen LogP contribution is 2.32. The van der Waals surface area contributed by atoms with Crippen molar-refractivity contribution in [1.29, 1.82) is 0 Å². The number of nitrogens with one attached hydrogen (secondary N) is 1. The molecule has 21 heavy (non-hydrogen) atoms. The highest BCUT2D eigenvalue weighted by atomic mass is 16.5. The molecule has 5 heteroatoms. The quantitative estimate of drug-likeness (QED) is 0.719. The van der Waals surface area contributed by atoms with Gasteiger partial charge in [0, 0.05) is 6.54 Å². The minimum absolute atomic E-state index is 0.0789.